The molecule has 0 heterocycles. The van der Waals surface area contributed by atoms with Crippen molar-refractivity contribution < 1.29 is 8.42 Å². The van der Waals surface area contributed by atoms with Gasteiger partial charge in [-0.25, -0.2) is 12.7 Å². The van der Waals surface area contributed by atoms with Crippen LogP contribution >= 0.6 is 0 Å². The van der Waals surface area contributed by atoms with Gasteiger partial charge in [0.1, 0.15) is 4.90 Å². The minimum absolute atomic E-state index is 0.186. The lowest BCUT2D eigenvalue weighted by atomic mass is 10.2. The van der Waals surface area contributed by atoms with Gasteiger partial charge >= 0.3 is 0 Å². The Kier molecular flexibility index (Phi) is 5.34. The van der Waals surface area contributed by atoms with E-state index >= 15 is 0 Å². The molecule has 0 aliphatic carbocycles. The number of sulfonamides is 1. The van der Waals surface area contributed by atoms with Crippen molar-refractivity contribution in [2.45, 2.75) is 18.2 Å². The molecule has 19 heavy (non-hydrogen) atoms. The largest absolute Gasteiger partial charge is 0.398 e. The zero-order chi connectivity index (χ0) is 14.6. The lowest BCUT2D eigenvalue weighted by molar-refractivity contribution is 0.370. The Morgan fingerprint density at radius 1 is 1.16 bits per heavy atom. The first-order valence-corrected chi connectivity index (χ1v) is 7.66. The first-order valence-electron chi connectivity index (χ1n) is 6.22. The van der Waals surface area contributed by atoms with Crippen molar-refractivity contribution in [1.29, 1.82) is 0 Å². The van der Waals surface area contributed by atoms with E-state index in [1.54, 1.807) is 25.2 Å². The summed E-state index contributed by atoms with van der Waals surface area (Å²) < 4.78 is 26.1. The molecule has 0 aliphatic heterocycles. The van der Waals surface area contributed by atoms with E-state index in [0.717, 1.165) is 18.5 Å². The van der Waals surface area contributed by atoms with Gasteiger partial charge in [-0.2, -0.15) is 0 Å². The van der Waals surface area contributed by atoms with Crippen molar-refractivity contribution in [2.24, 2.45) is 0 Å². The molecule has 0 spiro atoms. The van der Waals surface area contributed by atoms with E-state index < -0.39 is 10.0 Å². The number of anilines is 1. The molecule has 0 saturated heterocycles. The maximum absolute atomic E-state index is 12.4. The van der Waals surface area contributed by atoms with Crippen LogP contribution in [0.25, 0.3) is 0 Å². The summed E-state index contributed by atoms with van der Waals surface area (Å²) in [4.78, 5) is 2.21. The monoisotopic (exact) mass is 285 g/mol. The van der Waals surface area contributed by atoms with Crippen LogP contribution < -0.4 is 5.73 Å². The van der Waals surface area contributed by atoms with Gasteiger partial charge in [-0.15, -0.1) is 0 Å². The predicted molar refractivity (Wildman–Crippen MR) is 78.6 cm³/mol. The lowest BCUT2D eigenvalue weighted by Gasteiger charge is -2.19. The molecule has 0 amide bonds. The Balaban J connectivity index is 2.85. The highest BCUT2D eigenvalue weighted by atomic mass is 32.2. The number of nitrogen functional groups attached to an aromatic ring is 1. The van der Waals surface area contributed by atoms with Gasteiger partial charge in [-0.1, -0.05) is 6.07 Å². The molecule has 0 fully saturated rings. The van der Waals surface area contributed by atoms with Crippen LogP contribution in [-0.2, 0) is 10.0 Å². The molecule has 5 nitrogen and oxygen atoms in total. The van der Waals surface area contributed by atoms with Gasteiger partial charge in [-0.05, 0) is 51.7 Å². The van der Waals surface area contributed by atoms with Crippen molar-refractivity contribution in [2.75, 3.05) is 40.0 Å². The molecule has 0 saturated carbocycles. The van der Waals surface area contributed by atoms with E-state index in [0.29, 0.717) is 12.2 Å². The second-order valence-electron chi connectivity index (χ2n) is 5.02. The predicted octanol–water partition coefficient (Wildman–Crippen LogP) is 1.15. The van der Waals surface area contributed by atoms with E-state index in [9.17, 15) is 8.42 Å². The summed E-state index contributed by atoms with van der Waals surface area (Å²) in [5, 5.41) is 0. The molecule has 0 aliphatic rings. The topological polar surface area (TPSA) is 66.6 Å². The van der Waals surface area contributed by atoms with E-state index in [1.807, 2.05) is 25.9 Å². The molecule has 0 atom stereocenters. The Morgan fingerprint density at radius 2 is 1.79 bits per heavy atom. The maximum atomic E-state index is 12.4. The molecule has 0 radical (unpaired) electrons. The molecule has 0 bridgehead atoms. The summed E-state index contributed by atoms with van der Waals surface area (Å²) in [5.41, 5.74) is 7.06. The second kappa shape index (κ2) is 6.36. The minimum atomic E-state index is -3.49. The van der Waals surface area contributed by atoms with E-state index in [1.165, 1.54) is 4.31 Å². The van der Waals surface area contributed by atoms with Crippen molar-refractivity contribution in [3.8, 4) is 0 Å². The SMILES string of the molecule is Cc1ccc(S(=O)(=O)N(C)CCCN(C)C)c(N)c1. The van der Waals surface area contributed by atoms with Crippen LogP contribution in [0.15, 0.2) is 23.1 Å². The third-order valence-corrected chi connectivity index (χ3v) is 4.86. The van der Waals surface area contributed by atoms with Gasteiger partial charge in [0.05, 0.1) is 5.69 Å². The van der Waals surface area contributed by atoms with Crippen LogP contribution in [0.2, 0.25) is 0 Å². The molecule has 1 aromatic carbocycles. The molecular formula is C13H23N3O2S. The fourth-order valence-electron chi connectivity index (χ4n) is 1.80. The number of hydrogen-bond acceptors (Lipinski definition) is 4. The second-order valence-corrected chi connectivity index (χ2v) is 7.04. The number of aryl methyl sites for hydroxylation is 1. The smallest absolute Gasteiger partial charge is 0.244 e. The minimum Gasteiger partial charge on any atom is -0.398 e. The molecule has 1 rings (SSSR count). The van der Waals surface area contributed by atoms with Gasteiger partial charge in [-0.3, -0.25) is 0 Å². The molecule has 2 N–H and O–H groups in total. The van der Waals surface area contributed by atoms with Crippen molar-refractivity contribution in [3.05, 3.63) is 23.8 Å². The number of rotatable bonds is 6. The van der Waals surface area contributed by atoms with E-state index in [-0.39, 0.29) is 4.90 Å². The summed E-state index contributed by atoms with van der Waals surface area (Å²) in [6.45, 7) is 3.21. The van der Waals surface area contributed by atoms with Gasteiger partial charge < -0.3 is 10.6 Å². The lowest BCUT2D eigenvalue weighted by Crippen LogP contribution is -2.30. The summed E-state index contributed by atoms with van der Waals surface area (Å²) in [5.74, 6) is 0. The molecule has 0 unspecified atom stereocenters. The number of benzene rings is 1. The Bertz CT molecular complexity index is 527. The molecule has 108 valence electrons. The normalized spacial score (nSPS) is 12.3. The molecule has 0 aromatic heterocycles. The first-order chi connectivity index (χ1) is 8.75. The van der Waals surface area contributed by atoms with Crippen LogP contribution in [0.3, 0.4) is 0 Å². The van der Waals surface area contributed by atoms with E-state index in [4.69, 9.17) is 5.73 Å². The standard InChI is InChI=1S/C13H23N3O2S/c1-11-6-7-13(12(14)10-11)19(17,18)16(4)9-5-8-15(2)3/h6-7,10H,5,8-9,14H2,1-4H3. The van der Waals surface area contributed by atoms with Gasteiger partial charge in [0, 0.05) is 13.6 Å². The van der Waals surface area contributed by atoms with Crippen LogP contribution in [0, 0.1) is 6.92 Å². The summed E-state index contributed by atoms with van der Waals surface area (Å²) >= 11 is 0. The number of nitrogens with two attached hydrogens (primary N) is 1. The summed E-state index contributed by atoms with van der Waals surface area (Å²) in [7, 11) is 2.02. The third-order valence-electron chi connectivity index (χ3n) is 2.93. The highest BCUT2D eigenvalue weighted by molar-refractivity contribution is 7.89. The molecular weight excluding hydrogens is 262 g/mol. The van der Waals surface area contributed by atoms with Crippen LogP contribution in [0.4, 0.5) is 5.69 Å². The maximum Gasteiger partial charge on any atom is 0.244 e. The van der Waals surface area contributed by atoms with Crippen molar-refractivity contribution >= 4 is 15.7 Å². The Labute approximate surface area is 116 Å². The Morgan fingerprint density at radius 3 is 2.32 bits per heavy atom. The van der Waals surface area contributed by atoms with Crippen LogP contribution in [0.5, 0.6) is 0 Å². The Hall–Kier alpha value is -1.11. The average Bonchev–Trinajstić information content (AvgIpc) is 2.27. The molecule has 1 aromatic rings. The summed E-state index contributed by atoms with van der Waals surface area (Å²) in [6, 6.07) is 5.01. The number of hydrogen-bond donors (Lipinski definition) is 1. The zero-order valence-corrected chi connectivity index (χ0v) is 12.9. The molecule has 6 heteroatoms. The fourth-order valence-corrected chi connectivity index (χ4v) is 3.10. The number of nitrogens with zero attached hydrogens (tertiary/aromatic N) is 2. The third kappa shape index (κ3) is 4.19. The average molecular weight is 285 g/mol. The van der Waals surface area contributed by atoms with Crippen LogP contribution in [-0.4, -0.2) is 51.9 Å². The summed E-state index contributed by atoms with van der Waals surface area (Å²) in [6.07, 6.45) is 0.786. The van der Waals surface area contributed by atoms with Gasteiger partial charge in [0.25, 0.3) is 0 Å². The van der Waals surface area contributed by atoms with Crippen molar-refractivity contribution in [1.82, 2.24) is 9.21 Å². The zero-order valence-electron chi connectivity index (χ0n) is 12.0. The fraction of sp³-hybridized carbons (Fsp3) is 0.538. The highest BCUT2D eigenvalue weighted by Gasteiger charge is 2.22. The van der Waals surface area contributed by atoms with Gasteiger partial charge in [0.15, 0.2) is 0 Å². The van der Waals surface area contributed by atoms with Crippen LogP contribution in [0.1, 0.15) is 12.0 Å². The quantitative estimate of drug-likeness (QED) is 0.796. The van der Waals surface area contributed by atoms with Crippen molar-refractivity contribution in [3.63, 3.8) is 0 Å². The van der Waals surface area contributed by atoms with E-state index in [2.05, 4.69) is 0 Å². The first kappa shape index (κ1) is 15.9. The highest BCUT2D eigenvalue weighted by Crippen LogP contribution is 2.22. The van der Waals surface area contributed by atoms with Gasteiger partial charge in [0.2, 0.25) is 10.0 Å².